The molecule has 112 valence electrons. The SMILES string of the molecule is Cc1ccc(C(NS(=O)(=O)N(C)C)c2ccccc2)cc1. The van der Waals surface area contributed by atoms with E-state index in [9.17, 15) is 8.42 Å². The number of aryl methyl sites for hydroxylation is 1. The van der Waals surface area contributed by atoms with Gasteiger partial charge in [-0.25, -0.2) is 0 Å². The summed E-state index contributed by atoms with van der Waals surface area (Å²) in [4.78, 5) is 0. The van der Waals surface area contributed by atoms with Crippen molar-refractivity contribution in [3.8, 4) is 0 Å². The third-order valence-electron chi connectivity index (χ3n) is 3.29. The number of rotatable bonds is 5. The van der Waals surface area contributed by atoms with E-state index in [-0.39, 0.29) is 0 Å². The second-order valence-corrected chi connectivity index (χ2v) is 7.08. The molecule has 5 heteroatoms. The van der Waals surface area contributed by atoms with Crippen molar-refractivity contribution in [2.45, 2.75) is 13.0 Å². The third-order valence-corrected chi connectivity index (χ3v) is 4.79. The molecular weight excluding hydrogens is 284 g/mol. The highest BCUT2D eigenvalue weighted by Gasteiger charge is 2.22. The van der Waals surface area contributed by atoms with Crippen LogP contribution in [0.5, 0.6) is 0 Å². The maximum absolute atomic E-state index is 12.2. The average Bonchev–Trinajstić information content (AvgIpc) is 2.47. The minimum atomic E-state index is -3.52. The van der Waals surface area contributed by atoms with Crippen LogP contribution < -0.4 is 4.72 Å². The van der Waals surface area contributed by atoms with Crippen LogP contribution in [0.25, 0.3) is 0 Å². The first kappa shape index (κ1) is 15.7. The largest absolute Gasteiger partial charge is 0.279 e. The van der Waals surface area contributed by atoms with Crippen molar-refractivity contribution < 1.29 is 8.42 Å². The van der Waals surface area contributed by atoms with Gasteiger partial charge in [0.05, 0.1) is 6.04 Å². The fourth-order valence-corrected chi connectivity index (χ4v) is 2.77. The van der Waals surface area contributed by atoms with E-state index in [0.717, 1.165) is 16.7 Å². The zero-order chi connectivity index (χ0) is 15.5. The lowest BCUT2D eigenvalue weighted by Gasteiger charge is -2.22. The van der Waals surface area contributed by atoms with E-state index in [0.29, 0.717) is 0 Å². The van der Waals surface area contributed by atoms with Crippen LogP contribution in [0.1, 0.15) is 22.7 Å². The predicted octanol–water partition coefficient (Wildman–Crippen LogP) is 2.48. The number of hydrogen-bond acceptors (Lipinski definition) is 2. The first-order valence-electron chi connectivity index (χ1n) is 6.71. The van der Waals surface area contributed by atoms with E-state index >= 15 is 0 Å². The molecule has 2 aromatic carbocycles. The van der Waals surface area contributed by atoms with E-state index < -0.39 is 16.3 Å². The van der Waals surface area contributed by atoms with Crippen LogP contribution >= 0.6 is 0 Å². The topological polar surface area (TPSA) is 49.4 Å². The Balaban J connectivity index is 2.43. The summed E-state index contributed by atoms with van der Waals surface area (Å²) >= 11 is 0. The van der Waals surface area contributed by atoms with E-state index in [1.807, 2.05) is 61.5 Å². The Bertz CT molecular complexity index is 680. The molecule has 0 aliphatic heterocycles. The van der Waals surface area contributed by atoms with Crippen molar-refractivity contribution in [3.05, 3.63) is 71.3 Å². The Morgan fingerprint density at radius 1 is 0.905 bits per heavy atom. The molecule has 0 spiro atoms. The Hall–Kier alpha value is -1.69. The highest BCUT2D eigenvalue weighted by Crippen LogP contribution is 2.23. The second-order valence-electron chi connectivity index (χ2n) is 5.16. The van der Waals surface area contributed by atoms with Gasteiger partial charge >= 0.3 is 0 Å². The molecule has 4 nitrogen and oxygen atoms in total. The van der Waals surface area contributed by atoms with E-state index in [1.54, 1.807) is 0 Å². The highest BCUT2D eigenvalue weighted by atomic mass is 32.2. The molecule has 1 atom stereocenters. The van der Waals surface area contributed by atoms with Crippen LogP contribution in [0.15, 0.2) is 54.6 Å². The quantitative estimate of drug-likeness (QED) is 0.922. The van der Waals surface area contributed by atoms with Crippen LogP contribution in [0.4, 0.5) is 0 Å². The van der Waals surface area contributed by atoms with Gasteiger partial charge in [0.1, 0.15) is 0 Å². The lowest BCUT2D eigenvalue weighted by atomic mass is 9.99. The molecule has 0 radical (unpaired) electrons. The zero-order valence-electron chi connectivity index (χ0n) is 12.4. The van der Waals surface area contributed by atoms with Crippen molar-refractivity contribution in [1.82, 2.24) is 9.03 Å². The Morgan fingerprint density at radius 2 is 1.43 bits per heavy atom. The van der Waals surface area contributed by atoms with Crippen molar-refractivity contribution in [2.24, 2.45) is 0 Å². The molecule has 0 fully saturated rings. The van der Waals surface area contributed by atoms with Crippen molar-refractivity contribution in [1.29, 1.82) is 0 Å². The van der Waals surface area contributed by atoms with Gasteiger partial charge in [0, 0.05) is 14.1 Å². The van der Waals surface area contributed by atoms with E-state index in [4.69, 9.17) is 0 Å². The second kappa shape index (κ2) is 6.39. The van der Waals surface area contributed by atoms with Gasteiger partial charge in [0.2, 0.25) is 0 Å². The highest BCUT2D eigenvalue weighted by molar-refractivity contribution is 7.87. The number of nitrogens with one attached hydrogen (secondary N) is 1. The zero-order valence-corrected chi connectivity index (χ0v) is 13.3. The summed E-state index contributed by atoms with van der Waals surface area (Å²) in [5, 5.41) is 0. The van der Waals surface area contributed by atoms with Crippen LogP contribution in [-0.2, 0) is 10.2 Å². The third kappa shape index (κ3) is 3.91. The van der Waals surface area contributed by atoms with E-state index in [2.05, 4.69) is 4.72 Å². The standard InChI is InChI=1S/C16H20N2O2S/c1-13-9-11-15(12-10-13)16(14-7-5-4-6-8-14)17-21(19,20)18(2)3/h4-12,16-17H,1-3H3. The van der Waals surface area contributed by atoms with Gasteiger partial charge in [-0.15, -0.1) is 0 Å². The van der Waals surface area contributed by atoms with Crippen molar-refractivity contribution in [2.75, 3.05) is 14.1 Å². The van der Waals surface area contributed by atoms with Gasteiger partial charge in [0.15, 0.2) is 0 Å². The molecule has 2 rings (SSSR count). The molecule has 1 N–H and O–H groups in total. The molecule has 0 aliphatic rings. The first-order valence-corrected chi connectivity index (χ1v) is 8.15. The Morgan fingerprint density at radius 3 is 1.95 bits per heavy atom. The number of nitrogens with zero attached hydrogens (tertiary/aromatic N) is 1. The number of hydrogen-bond donors (Lipinski definition) is 1. The van der Waals surface area contributed by atoms with Crippen molar-refractivity contribution >= 4 is 10.2 Å². The van der Waals surface area contributed by atoms with Gasteiger partial charge < -0.3 is 0 Å². The summed E-state index contributed by atoms with van der Waals surface area (Å²) in [6.07, 6.45) is 0. The minimum Gasteiger partial charge on any atom is -0.195 e. The first-order chi connectivity index (χ1) is 9.90. The summed E-state index contributed by atoms with van der Waals surface area (Å²) in [5.41, 5.74) is 2.96. The summed E-state index contributed by atoms with van der Waals surface area (Å²) in [7, 11) is -0.494. The van der Waals surface area contributed by atoms with Crippen molar-refractivity contribution in [3.63, 3.8) is 0 Å². The molecule has 0 heterocycles. The minimum absolute atomic E-state index is 0.404. The molecule has 0 saturated carbocycles. The molecule has 0 saturated heterocycles. The summed E-state index contributed by atoms with van der Waals surface area (Å²) in [5.74, 6) is 0. The van der Waals surface area contributed by atoms with Gasteiger partial charge in [-0.1, -0.05) is 60.2 Å². The molecule has 0 aliphatic carbocycles. The smallest absolute Gasteiger partial charge is 0.195 e. The molecular formula is C16H20N2O2S. The van der Waals surface area contributed by atoms with Crippen LogP contribution in [-0.4, -0.2) is 26.8 Å². The van der Waals surface area contributed by atoms with Gasteiger partial charge in [-0.3, -0.25) is 0 Å². The normalized spacial score (nSPS) is 13.3. The number of benzene rings is 2. The molecule has 21 heavy (non-hydrogen) atoms. The summed E-state index contributed by atoms with van der Waals surface area (Å²) in [6, 6.07) is 17.0. The molecule has 0 aromatic heterocycles. The predicted molar refractivity (Wildman–Crippen MR) is 85.2 cm³/mol. The van der Waals surface area contributed by atoms with Gasteiger partial charge in [-0.05, 0) is 18.1 Å². The van der Waals surface area contributed by atoms with Gasteiger partial charge in [0.25, 0.3) is 10.2 Å². The summed E-state index contributed by atoms with van der Waals surface area (Å²) < 4.78 is 28.3. The summed E-state index contributed by atoms with van der Waals surface area (Å²) in [6.45, 7) is 2.01. The van der Waals surface area contributed by atoms with Crippen LogP contribution in [0, 0.1) is 6.92 Å². The molecule has 2 aromatic rings. The molecule has 1 unspecified atom stereocenters. The Kier molecular flexibility index (Phi) is 4.77. The monoisotopic (exact) mass is 304 g/mol. The lowest BCUT2D eigenvalue weighted by Crippen LogP contribution is -2.38. The van der Waals surface area contributed by atoms with Gasteiger partial charge in [-0.2, -0.15) is 17.4 Å². The fourth-order valence-electron chi connectivity index (χ4n) is 1.99. The van der Waals surface area contributed by atoms with Crippen LogP contribution in [0.3, 0.4) is 0 Å². The van der Waals surface area contributed by atoms with E-state index in [1.165, 1.54) is 18.4 Å². The maximum Gasteiger partial charge on any atom is 0.279 e. The van der Waals surface area contributed by atoms with Crippen LogP contribution in [0.2, 0.25) is 0 Å². The molecule has 0 amide bonds. The maximum atomic E-state index is 12.2. The molecule has 0 bridgehead atoms. The fraction of sp³-hybridized carbons (Fsp3) is 0.250. The lowest BCUT2D eigenvalue weighted by molar-refractivity contribution is 0.498. The Labute approximate surface area is 126 Å². The average molecular weight is 304 g/mol.